The van der Waals surface area contributed by atoms with Crippen molar-refractivity contribution in [3.05, 3.63) is 59.0 Å². The molecule has 1 aliphatic carbocycles. The van der Waals surface area contributed by atoms with E-state index in [-0.39, 0.29) is 23.6 Å². The number of rotatable bonds is 2. The fourth-order valence-electron chi connectivity index (χ4n) is 2.75. The maximum Gasteiger partial charge on any atom is 0.260 e. The molecule has 0 aromatic heterocycles. The van der Waals surface area contributed by atoms with Crippen molar-refractivity contribution in [3.8, 4) is 0 Å². The zero-order chi connectivity index (χ0) is 17.4. The van der Waals surface area contributed by atoms with Gasteiger partial charge >= 0.3 is 0 Å². The van der Waals surface area contributed by atoms with Crippen molar-refractivity contribution in [2.75, 3.05) is 0 Å². The first-order valence-electron chi connectivity index (χ1n) is 7.55. The molecule has 2 aliphatic heterocycles. The molecule has 6 heteroatoms. The Morgan fingerprint density at radius 3 is 1.92 bits per heavy atom. The Hall–Kier alpha value is -3.02. The van der Waals surface area contributed by atoms with Gasteiger partial charge in [-0.05, 0) is 37.8 Å². The van der Waals surface area contributed by atoms with Crippen LogP contribution in [0.25, 0.3) is 0 Å². The summed E-state index contributed by atoms with van der Waals surface area (Å²) >= 11 is 0. The van der Waals surface area contributed by atoms with E-state index in [4.69, 9.17) is 0 Å². The maximum atomic E-state index is 11.9. The number of hydrogen-bond acceptors (Lipinski definition) is 4. The highest BCUT2D eigenvalue weighted by Gasteiger charge is 2.28. The minimum absolute atomic E-state index is 0.322. The van der Waals surface area contributed by atoms with Gasteiger partial charge in [0.25, 0.3) is 23.6 Å². The molecule has 0 N–H and O–H groups in total. The average molecular weight is 324 g/mol. The largest absolute Gasteiger partial charge is 0.269 e. The summed E-state index contributed by atoms with van der Waals surface area (Å²) in [5.74, 6) is -1.37. The molecule has 3 aliphatic rings. The van der Waals surface area contributed by atoms with Crippen molar-refractivity contribution < 1.29 is 19.2 Å². The third kappa shape index (κ3) is 2.78. The normalized spacial score (nSPS) is 24.6. The molecule has 0 bridgehead atoms. The Morgan fingerprint density at radius 1 is 0.875 bits per heavy atom. The first-order valence-corrected chi connectivity index (χ1v) is 7.55. The summed E-state index contributed by atoms with van der Waals surface area (Å²) in [6.07, 6.45) is 10.4. The van der Waals surface area contributed by atoms with Crippen LogP contribution in [0.5, 0.6) is 0 Å². The highest BCUT2D eigenvalue weighted by atomic mass is 16.2. The van der Waals surface area contributed by atoms with E-state index in [0.29, 0.717) is 24.0 Å². The lowest BCUT2D eigenvalue weighted by Gasteiger charge is -2.17. The van der Waals surface area contributed by atoms with Crippen molar-refractivity contribution in [3.63, 3.8) is 0 Å². The van der Waals surface area contributed by atoms with Crippen LogP contribution in [0.3, 0.4) is 0 Å². The van der Waals surface area contributed by atoms with Crippen LogP contribution in [0.4, 0.5) is 0 Å². The molecule has 0 aromatic rings. The van der Waals surface area contributed by atoms with E-state index in [2.05, 4.69) is 0 Å². The monoisotopic (exact) mass is 324 g/mol. The second-order valence-corrected chi connectivity index (χ2v) is 5.96. The molecule has 0 saturated carbocycles. The number of imide groups is 2. The Labute approximate surface area is 139 Å². The summed E-state index contributed by atoms with van der Waals surface area (Å²) in [6.45, 7) is 3.20. The van der Waals surface area contributed by atoms with Gasteiger partial charge < -0.3 is 0 Å². The van der Waals surface area contributed by atoms with Crippen LogP contribution < -0.4 is 0 Å². The van der Waals surface area contributed by atoms with Gasteiger partial charge in [0.15, 0.2) is 0 Å². The molecule has 3 rings (SSSR count). The summed E-state index contributed by atoms with van der Waals surface area (Å²) in [4.78, 5) is 49.6. The molecule has 2 heterocycles. The predicted octanol–water partition coefficient (Wildman–Crippen LogP) is 1.73. The van der Waals surface area contributed by atoms with E-state index < -0.39 is 0 Å². The molecule has 4 amide bonds. The summed E-state index contributed by atoms with van der Waals surface area (Å²) < 4.78 is 0. The predicted molar refractivity (Wildman–Crippen MR) is 85.8 cm³/mol. The van der Waals surface area contributed by atoms with Gasteiger partial charge in [0.05, 0.1) is 0 Å². The standard InChI is InChI=1S/C18H16N2O4/c1-11-6-15(21)19(17(11)23)9-13-4-3-5-14(8-13)10-20-16(22)7-12(2)18(20)24/h3-4,6-7,9-10H,5,8H2,1-2H3. The number of nitrogens with zero attached hydrogens (tertiary/aromatic N) is 2. The minimum atomic E-state index is -0.362. The van der Waals surface area contributed by atoms with Gasteiger partial charge in [-0.3, -0.25) is 24.1 Å². The molecule has 0 saturated heterocycles. The Balaban J connectivity index is 1.79. The zero-order valence-electron chi connectivity index (χ0n) is 13.4. The highest BCUT2D eigenvalue weighted by molar-refractivity contribution is 6.17. The number of carbonyl (C=O) groups excluding carboxylic acids is 4. The van der Waals surface area contributed by atoms with E-state index in [0.717, 1.165) is 20.9 Å². The molecule has 0 aromatic carbocycles. The first kappa shape index (κ1) is 15.9. The van der Waals surface area contributed by atoms with Gasteiger partial charge in [0.2, 0.25) is 0 Å². The van der Waals surface area contributed by atoms with Crippen molar-refractivity contribution in [1.82, 2.24) is 9.80 Å². The SMILES string of the molecule is CC1=CC(=O)N(C=C2C=CCC(=CN3C(=O)C=C(C)C3=O)C2)C1=O. The number of hydrogen-bond donors (Lipinski definition) is 0. The second kappa shape index (κ2) is 5.88. The van der Waals surface area contributed by atoms with Crippen LogP contribution in [0.2, 0.25) is 0 Å². The molecule has 24 heavy (non-hydrogen) atoms. The van der Waals surface area contributed by atoms with Gasteiger partial charge in [0.1, 0.15) is 0 Å². The molecular weight excluding hydrogens is 308 g/mol. The van der Waals surface area contributed by atoms with E-state index in [1.165, 1.54) is 18.4 Å². The fraction of sp³-hybridized carbons (Fsp3) is 0.222. The van der Waals surface area contributed by atoms with Gasteiger partial charge in [-0.15, -0.1) is 0 Å². The average Bonchev–Trinajstić information content (AvgIpc) is 2.91. The van der Waals surface area contributed by atoms with Crippen LogP contribution in [0, 0.1) is 0 Å². The summed E-state index contributed by atoms with van der Waals surface area (Å²) in [5.41, 5.74) is 2.44. The Morgan fingerprint density at radius 2 is 1.42 bits per heavy atom. The lowest BCUT2D eigenvalue weighted by Crippen LogP contribution is -2.26. The molecule has 0 fully saturated rings. The van der Waals surface area contributed by atoms with Gasteiger partial charge in [-0.2, -0.15) is 0 Å². The van der Waals surface area contributed by atoms with Gasteiger partial charge in [-0.25, -0.2) is 4.90 Å². The molecule has 0 unspecified atom stereocenters. The van der Waals surface area contributed by atoms with Crippen molar-refractivity contribution in [1.29, 1.82) is 0 Å². The van der Waals surface area contributed by atoms with Gasteiger partial charge in [-0.1, -0.05) is 12.2 Å². The van der Waals surface area contributed by atoms with Crippen LogP contribution in [-0.4, -0.2) is 33.4 Å². The highest BCUT2D eigenvalue weighted by Crippen LogP contribution is 2.26. The quantitative estimate of drug-likeness (QED) is 0.725. The van der Waals surface area contributed by atoms with E-state index in [1.54, 1.807) is 20.0 Å². The molecule has 122 valence electrons. The van der Waals surface area contributed by atoms with E-state index in [1.807, 2.05) is 12.2 Å². The van der Waals surface area contributed by atoms with Crippen LogP contribution in [0.1, 0.15) is 26.7 Å². The molecule has 6 nitrogen and oxygen atoms in total. The molecule has 0 atom stereocenters. The van der Waals surface area contributed by atoms with Crippen molar-refractivity contribution in [2.24, 2.45) is 0 Å². The third-order valence-corrected chi connectivity index (χ3v) is 4.02. The number of amides is 4. The number of carbonyl (C=O) groups is 4. The topological polar surface area (TPSA) is 74.8 Å². The smallest absolute Gasteiger partial charge is 0.260 e. The second-order valence-electron chi connectivity index (χ2n) is 5.96. The first-order chi connectivity index (χ1) is 11.4. The van der Waals surface area contributed by atoms with Gasteiger partial charge in [0, 0.05) is 35.7 Å². The van der Waals surface area contributed by atoms with E-state index in [9.17, 15) is 19.2 Å². The summed E-state index contributed by atoms with van der Waals surface area (Å²) in [6, 6.07) is 0. The minimum Gasteiger partial charge on any atom is -0.269 e. The van der Waals surface area contributed by atoms with Crippen molar-refractivity contribution in [2.45, 2.75) is 26.7 Å². The summed E-state index contributed by atoms with van der Waals surface area (Å²) in [5, 5.41) is 0. The lowest BCUT2D eigenvalue weighted by atomic mass is 9.97. The third-order valence-electron chi connectivity index (χ3n) is 4.02. The lowest BCUT2D eigenvalue weighted by molar-refractivity contribution is -0.135. The number of allylic oxidation sites excluding steroid dienone is 4. The molecular formula is C18H16N2O4. The fourth-order valence-corrected chi connectivity index (χ4v) is 2.75. The molecule has 0 radical (unpaired) electrons. The zero-order valence-corrected chi connectivity index (χ0v) is 13.4. The van der Waals surface area contributed by atoms with Crippen molar-refractivity contribution >= 4 is 23.6 Å². The maximum absolute atomic E-state index is 11.9. The van der Waals surface area contributed by atoms with Crippen LogP contribution >= 0.6 is 0 Å². The van der Waals surface area contributed by atoms with Crippen LogP contribution in [-0.2, 0) is 19.2 Å². The summed E-state index contributed by atoms with van der Waals surface area (Å²) in [7, 11) is 0. The Kier molecular flexibility index (Phi) is 3.89. The van der Waals surface area contributed by atoms with E-state index >= 15 is 0 Å². The molecule has 0 spiro atoms. The van der Waals surface area contributed by atoms with Crippen LogP contribution in [0.15, 0.2) is 59.0 Å². The Bertz CT molecular complexity index is 824.